The molecule has 0 fully saturated rings. The third kappa shape index (κ3) is 2.50. The van der Waals surface area contributed by atoms with Gasteiger partial charge >= 0.3 is 0 Å². The van der Waals surface area contributed by atoms with Gasteiger partial charge in [0.2, 0.25) is 5.95 Å². The average Bonchev–Trinajstić information content (AvgIpc) is 2.95. The van der Waals surface area contributed by atoms with Gasteiger partial charge in [0.15, 0.2) is 11.9 Å². The Morgan fingerprint density at radius 2 is 2.27 bits per heavy atom. The second-order valence-electron chi connectivity index (χ2n) is 4.84. The number of anilines is 2. The molecule has 1 aliphatic rings. The molecule has 0 saturated carbocycles. The maximum Gasteiger partial charge on any atom is 0.265 e. The molecule has 1 atom stereocenters. The van der Waals surface area contributed by atoms with E-state index < -0.39 is 12.0 Å². The first-order chi connectivity index (χ1) is 10.6. The standard InChI is InChI=1S/C14H15N5O3/c1-3-10-16-14(19-18-10)17-13(21)8-5-4-6-9-11(8)22-7(2)12(20)15-9/h4-7H,3H2,1-2H3,(H,15,20)(H2,16,17,18,19,21)/t7-/m1/s1. The maximum atomic E-state index is 12.4. The second-order valence-corrected chi connectivity index (χ2v) is 4.84. The van der Waals surface area contributed by atoms with Crippen LogP contribution >= 0.6 is 0 Å². The predicted molar refractivity (Wildman–Crippen MR) is 78.9 cm³/mol. The van der Waals surface area contributed by atoms with E-state index in [0.29, 0.717) is 29.2 Å². The zero-order valence-electron chi connectivity index (χ0n) is 12.1. The van der Waals surface area contributed by atoms with Crippen LogP contribution in [0.1, 0.15) is 30.0 Å². The minimum atomic E-state index is -0.656. The molecule has 0 unspecified atom stereocenters. The Bertz CT molecular complexity index is 740. The van der Waals surface area contributed by atoms with Crippen molar-refractivity contribution in [2.24, 2.45) is 0 Å². The van der Waals surface area contributed by atoms with Gasteiger partial charge in [0, 0.05) is 6.42 Å². The summed E-state index contributed by atoms with van der Waals surface area (Å²) in [5.41, 5.74) is 0.784. The molecule has 0 radical (unpaired) electrons. The van der Waals surface area contributed by atoms with Gasteiger partial charge in [-0.25, -0.2) is 0 Å². The van der Waals surface area contributed by atoms with Crippen LogP contribution in [0.2, 0.25) is 0 Å². The number of ether oxygens (including phenoxy) is 1. The number of para-hydroxylation sites is 1. The summed E-state index contributed by atoms with van der Waals surface area (Å²) in [6, 6.07) is 4.96. The summed E-state index contributed by atoms with van der Waals surface area (Å²) < 4.78 is 5.54. The lowest BCUT2D eigenvalue weighted by molar-refractivity contribution is -0.122. The van der Waals surface area contributed by atoms with Crippen LogP contribution in [0.15, 0.2) is 18.2 Å². The molecule has 0 bridgehead atoms. The highest BCUT2D eigenvalue weighted by Crippen LogP contribution is 2.33. The van der Waals surface area contributed by atoms with Crippen LogP contribution in [0.5, 0.6) is 5.75 Å². The normalized spacial score (nSPS) is 16.5. The molecule has 0 saturated heterocycles. The van der Waals surface area contributed by atoms with Crippen molar-refractivity contribution in [3.05, 3.63) is 29.6 Å². The number of amides is 2. The number of rotatable bonds is 3. The van der Waals surface area contributed by atoms with Gasteiger partial charge in [-0.3, -0.25) is 20.0 Å². The zero-order valence-corrected chi connectivity index (χ0v) is 12.1. The van der Waals surface area contributed by atoms with Gasteiger partial charge in [-0.15, -0.1) is 5.10 Å². The van der Waals surface area contributed by atoms with E-state index in [1.165, 1.54) is 0 Å². The number of aromatic amines is 1. The molecule has 1 aliphatic heterocycles. The molecule has 8 heteroatoms. The summed E-state index contributed by atoms with van der Waals surface area (Å²) in [4.78, 5) is 28.1. The van der Waals surface area contributed by atoms with Crippen molar-refractivity contribution in [2.75, 3.05) is 10.6 Å². The summed E-state index contributed by atoms with van der Waals surface area (Å²) in [5, 5.41) is 11.9. The third-order valence-corrected chi connectivity index (χ3v) is 3.27. The molecule has 114 valence electrons. The van der Waals surface area contributed by atoms with Crippen LogP contribution in [0.4, 0.5) is 11.6 Å². The first-order valence-corrected chi connectivity index (χ1v) is 6.91. The number of aryl methyl sites for hydroxylation is 1. The molecular formula is C14H15N5O3. The lowest BCUT2D eigenvalue weighted by Crippen LogP contribution is -2.35. The van der Waals surface area contributed by atoms with E-state index >= 15 is 0 Å². The first-order valence-electron chi connectivity index (χ1n) is 6.91. The number of H-pyrrole nitrogens is 1. The van der Waals surface area contributed by atoms with Gasteiger partial charge < -0.3 is 10.1 Å². The summed E-state index contributed by atoms with van der Waals surface area (Å²) in [7, 11) is 0. The van der Waals surface area contributed by atoms with E-state index in [2.05, 4.69) is 25.8 Å². The summed E-state index contributed by atoms with van der Waals surface area (Å²) in [5.74, 6) is 0.585. The van der Waals surface area contributed by atoms with E-state index in [1.54, 1.807) is 25.1 Å². The number of carbonyl (C=O) groups is 2. The van der Waals surface area contributed by atoms with Crippen molar-refractivity contribution in [3.63, 3.8) is 0 Å². The van der Waals surface area contributed by atoms with Crippen LogP contribution in [-0.2, 0) is 11.2 Å². The van der Waals surface area contributed by atoms with Crippen molar-refractivity contribution in [1.29, 1.82) is 0 Å². The molecule has 0 aliphatic carbocycles. The lowest BCUT2D eigenvalue weighted by atomic mass is 10.1. The van der Waals surface area contributed by atoms with E-state index in [1.807, 2.05) is 6.92 Å². The minimum absolute atomic E-state index is 0.201. The summed E-state index contributed by atoms with van der Waals surface area (Å²) >= 11 is 0. The number of fused-ring (bicyclic) bond motifs is 1. The Kier molecular flexibility index (Phi) is 3.50. The van der Waals surface area contributed by atoms with Crippen molar-refractivity contribution in [3.8, 4) is 5.75 Å². The number of hydrogen-bond acceptors (Lipinski definition) is 5. The fourth-order valence-electron chi connectivity index (χ4n) is 2.08. The SMILES string of the molecule is CCc1nc(NC(=O)c2cccc3c2O[C@H](C)C(=O)N3)n[nH]1. The van der Waals surface area contributed by atoms with Crippen molar-refractivity contribution >= 4 is 23.5 Å². The Hall–Kier alpha value is -2.90. The Labute approximate surface area is 126 Å². The molecule has 2 amide bonds. The molecule has 1 aromatic carbocycles. The number of carbonyl (C=O) groups excluding carboxylic acids is 2. The minimum Gasteiger partial charge on any atom is -0.478 e. The molecule has 2 heterocycles. The van der Waals surface area contributed by atoms with Crippen LogP contribution in [0, 0.1) is 0 Å². The largest absolute Gasteiger partial charge is 0.478 e. The van der Waals surface area contributed by atoms with E-state index in [9.17, 15) is 9.59 Å². The number of benzene rings is 1. The molecular weight excluding hydrogens is 286 g/mol. The maximum absolute atomic E-state index is 12.4. The summed E-state index contributed by atoms with van der Waals surface area (Å²) in [6.07, 6.45) is 0.0349. The number of nitrogens with one attached hydrogen (secondary N) is 3. The zero-order chi connectivity index (χ0) is 15.7. The number of nitrogens with zero attached hydrogens (tertiary/aromatic N) is 2. The van der Waals surface area contributed by atoms with Gasteiger partial charge in [0.1, 0.15) is 5.82 Å². The third-order valence-electron chi connectivity index (χ3n) is 3.27. The van der Waals surface area contributed by atoms with Crippen LogP contribution in [0.3, 0.4) is 0 Å². The molecule has 0 spiro atoms. The predicted octanol–water partition coefficient (Wildman–Crippen LogP) is 1.34. The Balaban J connectivity index is 1.87. The second kappa shape index (κ2) is 5.47. The van der Waals surface area contributed by atoms with Crippen molar-refractivity contribution in [2.45, 2.75) is 26.4 Å². The van der Waals surface area contributed by atoms with Gasteiger partial charge in [-0.05, 0) is 19.1 Å². The highest BCUT2D eigenvalue weighted by Gasteiger charge is 2.27. The molecule has 3 N–H and O–H groups in total. The number of hydrogen-bond donors (Lipinski definition) is 3. The first kappa shape index (κ1) is 14.1. The summed E-state index contributed by atoms with van der Waals surface area (Å²) in [6.45, 7) is 3.55. The van der Waals surface area contributed by atoms with Gasteiger partial charge in [0.25, 0.3) is 11.8 Å². The van der Waals surface area contributed by atoms with Gasteiger partial charge in [-0.1, -0.05) is 13.0 Å². The quantitative estimate of drug-likeness (QED) is 0.792. The monoisotopic (exact) mass is 301 g/mol. The fourth-order valence-corrected chi connectivity index (χ4v) is 2.08. The van der Waals surface area contributed by atoms with Gasteiger partial charge in [-0.2, -0.15) is 4.98 Å². The highest BCUT2D eigenvalue weighted by molar-refractivity contribution is 6.08. The van der Waals surface area contributed by atoms with Gasteiger partial charge in [0.05, 0.1) is 11.3 Å². The van der Waals surface area contributed by atoms with Crippen molar-refractivity contribution in [1.82, 2.24) is 15.2 Å². The van der Waals surface area contributed by atoms with Crippen molar-refractivity contribution < 1.29 is 14.3 Å². The molecule has 22 heavy (non-hydrogen) atoms. The van der Waals surface area contributed by atoms with Crippen LogP contribution < -0.4 is 15.4 Å². The molecule has 1 aromatic heterocycles. The van der Waals surface area contributed by atoms with Crippen LogP contribution in [-0.4, -0.2) is 33.1 Å². The van der Waals surface area contributed by atoms with E-state index in [-0.39, 0.29) is 11.9 Å². The van der Waals surface area contributed by atoms with E-state index in [4.69, 9.17) is 4.74 Å². The smallest absolute Gasteiger partial charge is 0.265 e. The highest BCUT2D eigenvalue weighted by atomic mass is 16.5. The molecule has 2 aromatic rings. The Morgan fingerprint density at radius 3 is 3.00 bits per heavy atom. The number of aromatic nitrogens is 3. The fraction of sp³-hybridized carbons (Fsp3) is 0.286. The van der Waals surface area contributed by atoms with E-state index in [0.717, 1.165) is 0 Å². The molecule has 3 rings (SSSR count). The van der Waals surface area contributed by atoms with Crippen LogP contribution in [0.25, 0.3) is 0 Å². The molecule has 8 nitrogen and oxygen atoms in total. The average molecular weight is 301 g/mol. The Morgan fingerprint density at radius 1 is 1.45 bits per heavy atom. The topological polar surface area (TPSA) is 109 Å². The lowest BCUT2D eigenvalue weighted by Gasteiger charge is -2.24.